The van der Waals surface area contributed by atoms with Crippen molar-refractivity contribution in [1.82, 2.24) is 19.6 Å². The molecule has 4 rings (SSSR count). The van der Waals surface area contributed by atoms with Crippen molar-refractivity contribution in [3.8, 4) is 0 Å². The first-order valence-electron chi connectivity index (χ1n) is 11.0. The van der Waals surface area contributed by atoms with E-state index in [1.165, 1.54) is 12.1 Å². The van der Waals surface area contributed by atoms with Gasteiger partial charge in [0, 0.05) is 38.0 Å². The summed E-state index contributed by atoms with van der Waals surface area (Å²) >= 11 is 0. The van der Waals surface area contributed by atoms with Crippen molar-refractivity contribution >= 4 is 21.8 Å². The Labute approximate surface area is 198 Å². The number of carbonyl (C=O) groups excluding carboxylic acids is 1. The van der Waals surface area contributed by atoms with Crippen LogP contribution in [0.25, 0.3) is 0 Å². The van der Waals surface area contributed by atoms with Crippen LogP contribution in [0.3, 0.4) is 0 Å². The molecule has 0 bridgehead atoms. The maximum atomic E-state index is 13.4. The zero-order valence-electron chi connectivity index (χ0n) is 18.7. The average molecular weight is 484 g/mol. The molecule has 178 valence electrons. The largest absolute Gasteiger partial charge is 0.342 e. The Kier molecular flexibility index (Phi) is 7.06. The van der Waals surface area contributed by atoms with Crippen molar-refractivity contribution in [2.75, 3.05) is 6.54 Å². The Bertz CT molecular complexity index is 1300. The zero-order valence-corrected chi connectivity index (χ0v) is 19.6. The van der Waals surface area contributed by atoms with E-state index in [1.54, 1.807) is 48.8 Å². The smallest absolute Gasteiger partial charge is 0.263 e. The molecule has 1 unspecified atom stereocenters. The molecule has 2 aromatic carbocycles. The van der Waals surface area contributed by atoms with E-state index in [0.29, 0.717) is 36.6 Å². The van der Waals surface area contributed by atoms with Crippen LogP contribution < -0.4 is 10.0 Å². The fraction of sp³-hybridized carbons (Fsp3) is 0.292. The third-order valence-corrected chi connectivity index (χ3v) is 7.02. The third-order valence-electron chi connectivity index (χ3n) is 5.62. The Morgan fingerprint density at radius 1 is 1.15 bits per heavy atom. The number of fused-ring (bicyclic) bond motifs is 1. The lowest BCUT2D eigenvalue weighted by Crippen LogP contribution is -2.30. The monoisotopic (exact) mass is 483 g/mol. The number of amidine groups is 1. The number of halogens is 1. The number of nitrogens with one attached hydrogen (secondary N) is 2. The van der Waals surface area contributed by atoms with E-state index in [2.05, 4.69) is 20.0 Å². The van der Waals surface area contributed by atoms with Crippen molar-refractivity contribution < 1.29 is 17.6 Å². The van der Waals surface area contributed by atoms with E-state index < -0.39 is 16.1 Å². The number of benzene rings is 2. The third kappa shape index (κ3) is 5.33. The summed E-state index contributed by atoms with van der Waals surface area (Å²) in [5.74, 6) is 0.563. The molecule has 0 saturated heterocycles. The topological polar surface area (TPSA) is 105 Å². The van der Waals surface area contributed by atoms with Gasteiger partial charge >= 0.3 is 0 Å². The van der Waals surface area contributed by atoms with Crippen molar-refractivity contribution in [3.63, 3.8) is 0 Å². The molecule has 0 saturated carbocycles. The van der Waals surface area contributed by atoms with Crippen molar-refractivity contribution in [3.05, 3.63) is 83.7 Å². The van der Waals surface area contributed by atoms with Crippen molar-refractivity contribution in [1.29, 1.82) is 0 Å². The fourth-order valence-corrected chi connectivity index (χ4v) is 5.11. The summed E-state index contributed by atoms with van der Waals surface area (Å²) in [6, 6.07) is 12.3. The van der Waals surface area contributed by atoms with E-state index in [-0.39, 0.29) is 16.6 Å². The molecule has 3 aromatic rings. The summed E-state index contributed by atoms with van der Waals surface area (Å²) in [5, 5.41) is 3.00. The van der Waals surface area contributed by atoms with E-state index in [0.717, 1.165) is 18.4 Å². The van der Waals surface area contributed by atoms with Gasteiger partial charge in [0.05, 0.1) is 4.90 Å². The van der Waals surface area contributed by atoms with Gasteiger partial charge in [-0.15, -0.1) is 0 Å². The van der Waals surface area contributed by atoms with Gasteiger partial charge in [0.2, 0.25) is 5.91 Å². The van der Waals surface area contributed by atoms with Crippen LogP contribution in [-0.2, 0) is 21.9 Å². The average Bonchev–Trinajstić information content (AvgIpc) is 3.35. The van der Waals surface area contributed by atoms with Crippen LogP contribution in [0, 0.1) is 5.82 Å². The van der Waals surface area contributed by atoms with E-state index in [4.69, 9.17) is 0 Å². The molecule has 0 aliphatic carbocycles. The van der Waals surface area contributed by atoms with Crippen LogP contribution in [0.2, 0.25) is 0 Å². The van der Waals surface area contributed by atoms with Gasteiger partial charge in [-0.3, -0.25) is 14.5 Å². The number of imidazole rings is 1. The number of amides is 1. The first kappa shape index (κ1) is 23.6. The highest BCUT2D eigenvalue weighted by Gasteiger charge is 2.29. The first-order chi connectivity index (χ1) is 16.3. The maximum Gasteiger partial charge on any atom is 0.263 e. The number of unbranched alkanes of at least 4 members (excludes halogenated alkanes) is 2. The molecule has 34 heavy (non-hydrogen) atoms. The molecule has 2 N–H and O–H groups in total. The second-order valence-electron chi connectivity index (χ2n) is 8.09. The standard InChI is InChI=1S/C24H26FN5O3S/c1-30-16-15-27-24(30)22(17-10-12-18(25)13-11-17)28-21(31)9-3-2-6-14-26-23-19-7-4-5-8-20(19)34(32,33)29-23/h4-5,7-8,10-13,15-16,22H,2-3,6,9,14H2,1H3,(H,26,29)(H,28,31). The number of nitrogens with zero attached hydrogens (tertiary/aromatic N) is 3. The second kappa shape index (κ2) is 10.2. The minimum atomic E-state index is -3.53. The van der Waals surface area contributed by atoms with Crippen LogP contribution in [0.4, 0.5) is 4.39 Å². The zero-order chi connectivity index (χ0) is 24.1. The predicted octanol–water partition coefficient (Wildman–Crippen LogP) is 3.06. The number of hydrogen-bond donors (Lipinski definition) is 2. The quantitative estimate of drug-likeness (QED) is 0.456. The van der Waals surface area contributed by atoms with Crippen LogP contribution in [0.15, 0.2) is 70.8 Å². The van der Waals surface area contributed by atoms with Gasteiger partial charge in [-0.2, -0.15) is 0 Å². The van der Waals surface area contributed by atoms with Gasteiger partial charge in [-0.25, -0.2) is 17.8 Å². The summed E-state index contributed by atoms with van der Waals surface area (Å²) < 4.78 is 41.9. The number of aryl methyl sites for hydroxylation is 1. The highest BCUT2D eigenvalue weighted by molar-refractivity contribution is 7.90. The van der Waals surface area contributed by atoms with Crippen molar-refractivity contribution in [2.45, 2.75) is 36.6 Å². The summed E-state index contributed by atoms with van der Waals surface area (Å²) in [6.07, 6.45) is 5.93. The van der Waals surface area contributed by atoms with Crippen LogP contribution >= 0.6 is 0 Å². The predicted molar refractivity (Wildman–Crippen MR) is 126 cm³/mol. The Hall–Kier alpha value is -3.53. The van der Waals surface area contributed by atoms with E-state index >= 15 is 0 Å². The molecule has 1 atom stereocenters. The molecular formula is C24H26FN5O3S. The number of rotatable bonds is 9. The van der Waals surface area contributed by atoms with Crippen LogP contribution in [0.1, 0.15) is 48.7 Å². The molecule has 2 heterocycles. The van der Waals surface area contributed by atoms with Gasteiger partial charge in [0.1, 0.15) is 23.5 Å². The van der Waals surface area contributed by atoms with E-state index in [1.807, 2.05) is 11.6 Å². The SMILES string of the molecule is Cn1ccnc1C(NC(=O)CCCCCN=C1NS(=O)(=O)c2ccccc21)c1ccc(F)cc1. The molecule has 1 amide bonds. The summed E-state index contributed by atoms with van der Waals surface area (Å²) in [5.41, 5.74) is 1.34. The van der Waals surface area contributed by atoms with Crippen molar-refractivity contribution in [2.24, 2.45) is 12.0 Å². The molecule has 0 radical (unpaired) electrons. The number of hydrogen-bond acceptors (Lipinski definition) is 5. The first-order valence-corrected chi connectivity index (χ1v) is 12.5. The fourth-order valence-electron chi connectivity index (χ4n) is 3.86. The minimum Gasteiger partial charge on any atom is -0.342 e. The number of carbonyl (C=O) groups is 1. The lowest BCUT2D eigenvalue weighted by Gasteiger charge is -2.19. The lowest BCUT2D eigenvalue weighted by molar-refractivity contribution is -0.121. The molecule has 1 aliphatic heterocycles. The van der Waals surface area contributed by atoms with Gasteiger partial charge in [0.15, 0.2) is 0 Å². The normalized spacial score (nSPS) is 16.1. The van der Waals surface area contributed by atoms with Gasteiger partial charge < -0.3 is 9.88 Å². The summed E-state index contributed by atoms with van der Waals surface area (Å²) in [6.45, 7) is 0.458. The summed E-state index contributed by atoms with van der Waals surface area (Å²) in [7, 11) is -1.69. The second-order valence-corrected chi connectivity index (χ2v) is 9.74. The maximum absolute atomic E-state index is 13.4. The number of aliphatic imine (C=N–C) groups is 1. The molecule has 1 aliphatic rings. The highest BCUT2D eigenvalue weighted by atomic mass is 32.2. The minimum absolute atomic E-state index is 0.124. The van der Waals surface area contributed by atoms with E-state index in [9.17, 15) is 17.6 Å². The molecule has 10 heteroatoms. The number of sulfonamides is 1. The summed E-state index contributed by atoms with van der Waals surface area (Å²) in [4.78, 5) is 21.6. The Balaban J connectivity index is 1.28. The van der Waals surface area contributed by atoms with Crippen LogP contribution in [-0.4, -0.2) is 36.3 Å². The Morgan fingerprint density at radius 3 is 2.65 bits per heavy atom. The molecule has 0 spiro atoms. The van der Waals surface area contributed by atoms with Gasteiger partial charge in [0.25, 0.3) is 10.0 Å². The number of aromatic nitrogens is 2. The molecule has 1 aromatic heterocycles. The lowest BCUT2D eigenvalue weighted by atomic mass is 10.1. The highest BCUT2D eigenvalue weighted by Crippen LogP contribution is 2.23. The van der Waals surface area contributed by atoms with Crippen LogP contribution in [0.5, 0.6) is 0 Å². The van der Waals surface area contributed by atoms with Gasteiger partial charge in [-0.05, 0) is 42.7 Å². The molecular weight excluding hydrogens is 457 g/mol. The Morgan fingerprint density at radius 2 is 1.91 bits per heavy atom. The molecule has 0 fully saturated rings. The molecule has 8 nitrogen and oxygen atoms in total. The van der Waals surface area contributed by atoms with Gasteiger partial charge in [-0.1, -0.05) is 30.7 Å².